The van der Waals surface area contributed by atoms with Crippen molar-refractivity contribution in [2.24, 2.45) is 0 Å². The number of rotatable bonds is 8. The van der Waals surface area contributed by atoms with Gasteiger partial charge in [0.1, 0.15) is 12.4 Å². The number of H-pyrrole nitrogens is 1. The Labute approximate surface area is 195 Å². The molecule has 172 valence electrons. The summed E-state index contributed by atoms with van der Waals surface area (Å²) in [6, 6.07) is 12.4. The predicted octanol–water partition coefficient (Wildman–Crippen LogP) is 3.66. The van der Waals surface area contributed by atoms with Crippen LogP contribution in [-0.4, -0.2) is 60.2 Å². The third-order valence-corrected chi connectivity index (χ3v) is 6.75. The van der Waals surface area contributed by atoms with Crippen LogP contribution in [0.5, 0.6) is 5.75 Å². The highest BCUT2D eigenvalue weighted by molar-refractivity contribution is 6.00. The summed E-state index contributed by atoms with van der Waals surface area (Å²) in [7, 11) is 0. The SMILES string of the molecule is O=C(Cc1ccc2c(c1)CCNCC2)c1ccc(-c2cn[nH]c2)cc1OCCN1CCCC1. The summed E-state index contributed by atoms with van der Waals surface area (Å²) in [4.78, 5) is 15.8. The standard InChI is InChI=1S/C27H32N4O2/c32-26(16-20-3-4-21-7-9-28-10-8-23(21)15-20)25-6-5-22(24-18-29-30-19-24)17-27(25)33-14-13-31-11-1-2-12-31/h3-6,15,17-19,28H,1-2,7-14,16H2,(H,29,30). The molecule has 5 rings (SSSR count). The van der Waals surface area contributed by atoms with Gasteiger partial charge in [0, 0.05) is 24.7 Å². The number of benzene rings is 2. The number of nitrogens with zero attached hydrogens (tertiary/aromatic N) is 2. The van der Waals surface area contributed by atoms with Crippen molar-refractivity contribution in [3.05, 3.63) is 71.0 Å². The van der Waals surface area contributed by atoms with Crippen LogP contribution < -0.4 is 10.1 Å². The Bertz CT molecular complexity index is 1090. The van der Waals surface area contributed by atoms with Crippen LogP contribution >= 0.6 is 0 Å². The molecule has 3 heterocycles. The van der Waals surface area contributed by atoms with Gasteiger partial charge in [0.25, 0.3) is 0 Å². The molecule has 6 nitrogen and oxygen atoms in total. The molecule has 33 heavy (non-hydrogen) atoms. The molecule has 1 aromatic heterocycles. The molecule has 2 aliphatic heterocycles. The van der Waals surface area contributed by atoms with E-state index in [9.17, 15) is 4.79 Å². The van der Waals surface area contributed by atoms with Gasteiger partial charge >= 0.3 is 0 Å². The average molecular weight is 445 g/mol. The summed E-state index contributed by atoms with van der Waals surface area (Å²) in [5, 5.41) is 10.4. The molecule has 0 radical (unpaired) electrons. The lowest BCUT2D eigenvalue weighted by Gasteiger charge is -2.17. The van der Waals surface area contributed by atoms with Crippen LogP contribution in [0.2, 0.25) is 0 Å². The summed E-state index contributed by atoms with van der Waals surface area (Å²) < 4.78 is 6.20. The lowest BCUT2D eigenvalue weighted by atomic mass is 9.95. The van der Waals surface area contributed by atoms with Crippen molar-refractivity contribution in [2.45, 2.75) is 32.1 Å². The monoisotopic (exact) mass is 444 g/mol. The first-order valence-electron chi connectivity index (χ1n) is 12.1. The number of aromatic amines is 1. The largest absolute Gasteiger partial charge is 0.491 e. The normalized spacial score (nSPS) is 16.4. The number of likely N-dealkylation sites (tertiary alicyclic amines) is 1. The quantitative estimate of drug-likeness (QED) is 0.519. The number of carbonyl (C=O) groups is 1. The van der Waals surface area contributed by atoms with Gasteiger partial charge in [0.2, 0.25) is 0 Å². The van der Waals surface area contributed by atoms with E-state index in [1.165, 1.54) is 24.0 Å². The number of ether oxygens (including phenoxy) is 1. The van der Waals surface area contributed by atoms with Gasteiger partial charge in [-0.1, -0.05) is 24.3 Å². The molecule has 3 aromatic rings. The summed E-state index contributed by atoms with van der Waals surface area (Å²) in [5.74, 6) is 0.758. The molecule has 2 aliphatic rings. The molecule has 0 aliphatic carbocycles. The molecule has 0 unspecified atom stereocenters. The van der Waals surface area contributed by atoms with E-state index in [1.807, 2.05) is 24.4 Å². The molecule has 6 heteroatoms. The van der Waals surface area contributed by atoms with E-state index in [-0.39, 0.29) is 5.78 Å². The van der Waals surface area contributed by atoms with Crippen molar-refractivity contribution >= 4 is 5.78 Å². The number of hydrogen-bond donors (Lipinski definition) is 2. The molecule has 1 fully saturated rings. The van der Waals surface area contributed by atoms with Crippen molar-refractivity contribution < 1.29 is 9.53 Å². The van der Waals surface area contributed by atoms with E-state index in [2.05, 4.69) is 38.6 Å². The van der Waals surface area contributed by atoms with E-state index in [1.54, 1.807) is 6.20 Å². The smallest absolute Gasteiger partial charge is 0.170 e. The van der Waals surface area contributed by atoms with Crippen LogP contribution in [0, 0.1) is 0 Å². The zero-order chi connectivity index (χ0) is 22.5. The Morgan fingerprint density at radius 2 is 1.85 bits per heavy atom. The second-order valence-corrected chi connectivity index (χ2v) is 9.05. The second kappa shape index (κ2) is 10.3. The zero-order valence-electron chi connectivity index (χ0n) is 19.1. The van der Waals surface area contributed by atoms with Gasteiger partial charge in [-0.3, -0.25) is 14.8 Å². The number of fused-ring (bicyclic) bond motifs is 1. The number of hydrogen-bond acceptors (Lipinski definition) is 5. The highest BCUT2D eigenvalue weighted by Crippen LogP contribution is 2.28. The molecule has 1 saturated heterocycles. The van der Waals surface area contributed by atoms with E-state index >= 15 is 0 Å². The Morgan fingerprint density at radius 3 is 2.67 bits per heavy atom. The van der Waals surface area contributed by atoms with Gasteiger partial charge in [-0.2, -0.15) is 5.10 Å². The minimum Gasteiger partial charge on any atom is -0.491 e. The molecule has 0 spiro atoms. The molecular formula is C27H32N4O2. The number of Topliss-reactive ketones (excluding diaryl/α,β-unsaturated/α-hetero) is 1. The van der Waals surface area contributed by atoms with Gasteiger partial charge in [0.05, 0.1) is 11.8 Å². The molecule has 0 bridgehead atoms. The lowest BCUT2D eigenvalue weighted by Crippen LogP contribution is -2.25. The van der Waals surface area contributed by atoms with Crippen molar-refractivity contribution in [1.82, 2.24) is 20.4 Å². The topological polar surface area (TPSA) is 70.2 Å². The van der Waals surface area contributed by atoms with Gasteiger partial charge in [-0.15, -0.1) is 0 Å². The highest BCUT2D eigenvalue weighted by Gasteiger charge is 2.18. The maximum atomic E-state index is 13.4. The lowest BCUT2D eigenvalue weighted by molar-refractivity contribution is 0.0988. The van der Waals surface area contributed by atoms with E-state index < -0.39 is 0 Å². The predicted molar refractivity (Wildman–Crippen MR) is 130 cm³/mol. The molecule has 0 atom stereocenters. The van der Waals surface area contributed by atoms with Crippen molar-refractivity contribution in [1.29, 1.82) is 0 Å². The highest BCUT2D eigenvalue weighted by atomic mass is 16.5. The maximum Gasteiger partial charge on any atom is 0.170 e. The Hall–Kier alpha value is -2.96. The minimum atomic E-state index is 0.0941. The van der Waals surface area contributed by atoms with Gasteiger partial charge in [-0.05, 0) is 86.2 Å². The van der Waals surface area contributed by atoms with Crippen LogP contribution in [-0.2, 0) is 19.3 Å². The molecule has 0 saturated carbocycles. The number of ketones is 1. The van der Waals surface area contributed by atoms with E-state index in [0.29, 0.717) is 24.3 Å². The van der Waals surface area contributed by atoms with Crippen LogP contribution in [0.1, 0.15) is 39.9 Å². The fraction of sp³-hybridized carbons (Fsp3) is 0.407. The fourth-order valence-electron chi connectivity index (χ4n) is 4.87. The first-order valence-corrected chi connectivity index (χ1v) is 12.1. The molecule has 2 aromatic carbocycles. The van der Waals surface area contributed by atoms with Gasteiger partial charge in [-0.25, -0.2) is 0 Å². The zero-order valence-corrected chi connectivity index (χ0v) is 19.1. The first-order chi connectivity index (χ1) is 16.3. The Balaban J connectivity index is 1.35. The number of carbonyl (C=O) groups excluding carboxylic acids is 1. The molecular weight excluding hydrogens is 412 g/mol. The van der Waals surface area contributed by atoms with Crippen LogP contribution in [0.25, 0.3) is 11.1 Å². The molecule has 0 amide bonds. The average Bonchev–Trinajstić information content (AvgIpc) is 3.50. The number of nitrogens with one attached hydrogen (secondary N) is 2. The van der Waals surface area contributed by atoms with Crippen LogP contribution in [0.4, 0.5) is 0 Å². The van der Waals surface area contributed by atoms with E-state index in [4.69, 9.17) is 4.74 Å². The number of aromatic nitrogens is 2. The summed E-state index contributed by atoms with van der Waals surface area (Å²) in [5.41, 5.74) is 6.46. The third kappa shape index (κ3) is 5.34. The Morgan fingerprint density at radius 1 is 1.00 bits per heavy atom. The Kier molecular flexibility index (Phi) is 6.84. The van der Waals surface area contributed by atoms with E-state index in [0.717, 1.165) is 62.3 Å². The van der Waals surface area contributed by atoms with Crippen molar-refractivity contribution in [3.63, 3.8) is 0 Å². The minimum absolute atomic E-state index is 0.0941. The maximum absolute atomic E-state index is 13.4. The summed E-state index contributed by atoms with van der Waals surface area (Å²) in [6.45, 7) is 5.76. The fourth-order valence-corrected chi connectivity index (χ4v) is 4.87. The van der Waals surface area contributed by atoms with Gasteiger partial charge < -0.3 is 10.1 Å². The van der Waals surface area contributed by atoms with Crippen molar-refractivity contribution in [3.8, 4) is 16.9 Å². The summed E-state index contributed by atoms with van der Waals surface area (Å²) in [6.07, 6.45) is 8.61. The van der Waals surface area contributed by atoms with Crippen molar-refractivity contribution in [2.75, 3.05) is 39.3 Å². The summed E-state index contributed by atoms with van der Waals surface area (Å²) >= 11 is 0. The van der Waals surface area contributed by atoms with Crippen LogP contribution in [0.15, 0.2) is 48.8 Å². The second-order valence-electron chi connectivity index (χ2n) is 9.05. The first kappa shape index (κ1) is 21.9. The third-order valence-electron chi connectivity index (χ3n) is 6.75. The van der Waals surface area contributed by atoms with Crippen LogP contribution in [0.3, 0.4) is 0 Å². The van der Waals surface area contributed by atoms with Gasteiger partial charge in [0.15, 0.2) is 5.78 Å². The molecule has 2 N–H and O–H groups in total.